The fourth-order valence-electron chi connectivity index (χ4n) is 3.12. The molecule has 27 heavy (non-hydrogen) atoms. The van der Waals surface area contributed by atoms with Crippen LogP contribution < -0.4 is 5.32 Å². The number of benzene rings is 1. The van der Waals surface area contributed by atoms with Gasteiger partial charge in [0, 0.05) is 18.2 Å². The Hall–Kier alpha value is -2.89. The fourth-order valence-corrected chi connectivity index (χ4v) is 3.12. The molecule has 1 N–H and O–H groups in total. The maximum Gasteiger partial charge on any atom is 0.274 e. The Balaban J connectivity index is 1.77. The topological polar surface area (TPSA) is 73.0 Å². The first-order chi connectivity index (χ1) is 12.8. The largest absolute Gasteiger partial charge is 0.350 e. The highest BCUT2D eigenvalue weighted by Crippen LogP contribution is 2.27. The van der Waals surface area contributed by atoms with Gasteiger partial charge in [-0.05, 0) is 38.0 Å². The van der Waals surface area contributed by atoms with Gasteiger partial charge in [-0.25, -0.2) is 0 Å². The molecule has 0 aliphatic carbocycles. The van der Waals surface area contributed by atoms with Crippen molar-refractivity contribution in [2.24, 2.45) is 0 Å². The molecule has 2 heterocycles. The van der Waals surface area contributed by atoms with Crippen molar-refractivity contribution in [3.05, 3.63) is 58.5 Å². The number of nitrogens with zero attached hydrogens (tertiary/aromatic N) is 3. The fraction of sp³-hybridized carbons (Fsp3) is 0.381. The van der Waals surface area contributed by atoms with E-state index in [1.807, 2.05) is 63.5 Å². The zero-order valence-corrected chi connectivity index (χ0v) is 16.5. The third kappa shape index (κ3) is 4.27. The Labute approximate surface area is 159 Å². The van der Waals surface area contributed by atoms with Crippen LogP contribution in [-0.4, -0.2) is 20.6 Å². The molecular formula is C21H26N4O2. The average Bonchev–Trinajstić information content (AvgIpc) is 3.18. The van der Waals surface area contributed by atoms with E-state index in [0.717, 1.165) is 22.5 Å². The molecule has 142 valence electrons. The van der Waals surface area contributed by atoms with Crippen molar-refractivity contribution in [1.29, 1.82) is 0 Å². The second kappa shape index (κ2) is 7.78. The lowest BCUT2D eigenvalue weighted by Gasteiger charge is -2.11. The van der Waals surface area contributed by atoms with Gasteiger partial charge in [0.05, 0.1) is 0 Å². The van der Waals surface area contributed by atoms with E-state index >= 15 is 0 Å². The molecule has 0 aliphatic heterocycles. The minimum absolute atomic E-state index is 0.0555. The third-order valence-corrected chi connectivity index (χ3v) is 4.53. The molecule has 2 aromatic heterocycles. The van der Waals surface area contributed by atoms with Crippen LogP contribution in [0, 0.1) is 20.8 Å². The van der Waals surface area contributed by atoms with Crippen molar-refractivity contribution in [2.75, 3.05) is 0 Å². The van der Waals surface area contributed by atoms with E-state index in [9.17, 15) is 4.79 Å². The van der Waals surface area contributed by atoms with Gasteiger partial charge < -0.3 is 14.4 Å². The first-order valence-corrected chi connectivity index (χ1v) is 9.18. The second-order valence-electron chi connectivity index (χ2n) is 7.28. The molecule has 0 radical (unpaired) electrons. The van der Waals surface area contributed by atoms with Gasteiger partial charge in [-0.15, -0.1) is 0 Å². The van der Waals surface area contributed by atoms with Crippen molar-refractivity contribution in [3.8, 4) is 11.6 Å². The van der Waals surface area contributed by atoms with Crippen LogP contribution in [0.15, 0.2) is 34.9 Å². The number of aryl methyl sites for hydroxylation is 3. The van der Waals surface area contributed by atoms with Crippen molar-refractivity contribution < 1.29 is 9.32 Å². The van der Waals surface area contributed by atoms with Gasteiger partial charge in [-0.1, -0.05) is 48.8 Å². The SMILES string of the molecule is Cc1cccc(CNC(=O)Cn2c(C)cc(C)c2-c2nc(C(C)C)no2)c1. The van der Waals surface area contributed by atoms with E-state index in [1.54, 1.807) is 0 Å². The minimum Gasteiger partial charge on any atom is -0.350 e. The summed E-state index contributed by atoms with van der Waals surface area (Å²) in [4.78, 5) is 17.0. The second-order valence-corrected chi connectivity index (χ2v) is 7.28. The third-order valence-electron chi connectivity index (χ3n) is 4.53. The number of hydrogen-bond donors (Lipinski definition) is 1. The van der Waals surface area contributed by atoms with Crippen molar-refractivity contribution >= 4 is 5.91 Å². The molecule has 0 saturated carbocycles. The average molecular weight is 366 g/mol. The van der Waals surface area contributed by atoms with Crippen molar-refractivity contribution in [2.45, 2.75) is 53.6 Å². The van der Waals surface area contributed by atoms with Crippen molar-refractivity contribution in [3.63, 3.8) is 0 Å². The molecule has 1 amide bonds. The van der Waals surface area contributed by atoms with Crippen LogP contribution in [0.1, 0.15) is 48.0 Å². The van der Waals surface area contributed by atoms with E-state index < -0.39 is 0 Å². The summed E-state index contributed by atoms with van der Waals surface area (Å²) in [6.45, 7) is 10.8. The van der Waals surface area contributed by atoms with E-state index in [4.69, 9.17) is 4.52 Å². The molecule has 3 rings (SSSR count). The lowest BCUT2D eigenvalue weighted by atomic mass is 10.1. The molecule has 6 nitrogen and oxygen atoms in total. The van der Waals surface area contributed by atoms with Gasteiger partial charge in [-0.3, -0.25) is 4.79 Å². The zero-order chi connectivity index (χ0) is 19.6. The Morgan fingerprint density at radius 3 is 2.67 bits per heavy atom. The summed E-state index contributed by atoms with van der Waals surface area (Å²) >= 11 is 0. The van der Waals surface area contributed by atoms with Crippen LogP contribution in [0.3, 0.4) is 0 Å². The molecule has 0 saturated heterocycles. The van der Waals surface area contributed by atoms with Gasteiger partial charge in [0.15, 0.2) is 5.82 Å². The van der Waals surface area contributed by atoms with Crippen molar-refractivity contribution in [1.82, 2.24) is 20.0 Å². The normalized spacial score (nSPS) is 11.2. The summed E-state index contributed by atoms with van der Waals surface area (Å²) in [6, 6.07) is 10.1. The first kappa shape index (κ1) is 18.9. The highest BCUT2D eigenvalue weighted by atomic mass is 16.5. The highest BCUT2D eigenvalue weighted by Gasteiger charge is 2.20. The quantitative estimate of drug-likeness (QED) is 0.718. The smallest absolute Gasteiger partial charge is 0.274 e. The summed E-state index contributed by atoms with van der Waals surface area (Å²) in [6.07, 6.45) is 0. The molecule has 0 bridgehead atoms. The monoisotopic (exact) mass is 366 g/mol. The summed E-state index contributed by atoms with van der Waals surface area (Å²) in [5, 5.41) is 7.03. The number of nitrogens with one attached hydrogen (secondary N) is 1. The van der Waals surface area contributed by atoms with Gasteiger partial charge >= 0.3 is 0 Å². The Bertz CT molecular complexity index is 953. The molecule has 1 aromatic carbocycles. The number of carbonyl (C=O) groups is 1. The molecule has 0 atom stereocenters. The summed E-state index contributed by atoms with van der Waals surface area (Å²) < 4.78 is 7.39. The lowest BCUT2D eigenvalue weighted by molar-refractivity contribution is -0.121. The number of hydrogen-bond acceptors (Lipinski definition) is 4. The Morgan fingerprint density at radius 2 is 2.00 bits per heavy atom. The standard InChI is InChI=1S/C21H26N4O2/c1-13(2)20-23-21(27-24-20)19-15(4)10-16(5)25(19)12-18(26)22-11-17-8-6-7-14(3)9-17/h6-10,13H,11-12H2,1-5H3,(H,22,26). The van der Waals surface area contributed by atoms with E-state index in [0.29, 0.717) is 18.3 Å². The highest BCUT2D eigenvalue weighted by molar-refractivity contribution is 5.77. The number of carbonyl (C=O) groups excluding carboxylic acids is 1. The number of aromatic nitrogens is 3. The molecule has 3 aromatic rings. The van der Waals surface area contributed by atoms with Crippen LogP contribution in [-0.2, 0) is 17.9 Å². The molecule has 0 spiro atoms. The maximum absolute atomic E-state index is 12.5. The van der Waals surface area contributed by atoms with Gasteiger partial charge in [0.25, 0.3) is 5.89 Å². The number of amides is 1. The Morgan fingerprint density at radius 1 is 1.22 bits per heavy atom. The minimum atomic E-state index is -0.0555. The predicted molar refractivity (Wildman–Crippen MR) is 104 cm³/mol. The van der Waals surface area contributed by atoms with Crippen LogP contribution in [0.5, 0.6) is 0 Å². The maximum atomic E-state index is 12.5. The van der Waals surface area contributed by atoms with Gasteiger partial charge in [0.1, 0.15) is 12.2 Å². The first-order valence-electron chi connectivity index (χ1n) is 9.18. The van der Waals surface area contributed by atoms with Gasteiger partial charge in [0.2, 0.25) is 5.91 Å². The van der Waals surface area contributed by atoms with E-state index in [-0.39, 0.29) is 18.4 Å². The summed E-state index contributed by atoms with van der Waals surface area (Å²) in [5.41, 5.74) is 5.06. The van der Waals surface area contributed by atoms with Crippen LogP contribution in [0.2, 0.25) is 0 Å². The van der Waals surface area contributed by atoms with Crippen LogP contribution in [0.25, 0.3) is 11.6 Å². The zero-order valence-electron chi connectivity index (χ0n) is 16.5. The summed E-state index contributed by atoms with van der Waals surface area (Å²) in [5.74, 6) is 1.25. The van der Waals surface area contributed by atoms with E-state index in [1.165, 1.54) is 5.56 Å². The van der Waals surface area contributed by atoms with E-state index in [2.05, 4.69) is 21.5 Å². The molecule has 6 heteroatoms. The molecule has 0 unspecified atom stereocenters. The van der Waals surface area contributed by atoms with Crippen LogP contribution >= 0.6 is 0 Å². The van der Waals surface area contributed by atoms with Gasteiger partial charge in [-0.2, -0.15) is 4.98 Å². The molecular weight excluding hydrogens is 340 g/mol. The predicted octanol–water partition coefficient (Wildman–Crippen LogP) is 3.90. The molecule has 0 fully saturated rings. The molecule has 0 aliphatic rings. The number of rotatable bonds is 6. The van der Waals surface area contributed by atoms with Crippen LogP contribution in [0.4, 0.5) is 0 Å². The Kier molecular flexibility index (Phi) is 5.44. The lowest BCUT2D eigenvalue weighted by Crippen LogP contribution is -2.27. The summed E-state index contributed by atoms with van der Waals surface area (Å²) in [7, 11) is 0.